The largest absolute Gasteiger partial charge is 0.490 e. The van der Waals surface area contributed by atoms with Crippen molar-refractivity contribution in [1.82, 2.24) is 0 Å². The number of fused-ring (bicyclic) bond motifs is 1. The Balaban J connectivity index is 1.66. The summed E-state index contributed by atoms with van der Waals surface area (Å²) >= 11 is 0. The molecule has 0 heterocycles. The topological polar surface area (TPSA) is 38.3 Å². The molecule has 1 N–H and O–H groups in total. The van der Waals surface area contributed by atoms with Gasteiger partial charge in [-0.1, -0.05) is 115 Å². The smallest absolute Gasteiger partial charge is 0.239 e. The molecule has 5 aromatic rings. The van der Waals surface area contributed by atoms with Crippen molar-refractivity contribution in [2.24, 2.45) is 0 Å². The molecule has 0 aliphatic rings. The summed E-state index contributed by atoms with van der Waals surface area (Å²) in [6.45, 7) is 4.03. The summed E-state index contributed by atoms with van der Waals surface area (Å²) in [6, 6.07) is 42.3. The molecule has 5 aromatic carbocycles. The molecule has 1 amide bonds. The Hall–Kier alpha value is -4.37. The number of hydrogen-bond acceptors (Lipinski definition) is 2. The number of benzene rings is 5. The number of rotatable bonds is 8. The van der Waals surface area contributed by atoms with E-state index >= 15 is 0 Å². The van der Waals surface area contributed by atoms with Gasteiger partial charge in [0.15, 0.2) is 0 Å². The van der Waals surface area contributed by atoms with Crippen LogP contribution in [0.25, 0.3) is 10.8 Å². The minimum Gasteiger partial charge on any atom is -0.490 e. The molecular weight excluding hydrogens is 454 g/mol. The minimum absolute atomic E-state index is 0.0542. The maximum absolute atomic E-state index is 14.6. The summed E-state index contributed by atoms with van der Waals surface area (Å²) in [5.41, 5.74) is 2.83. The summed E-state index contributed by atoms with van der Waals surface area (Å²) in [6.07, 6.45) is 0.582. The molecule has 0 fully saturated rings. The first-order chi connectivity index (χ1) is 18.1. The fourth-order valence-electron chi connectivity index (χ4n) is 5.03. The molecule has 0 saturated heterocycles. The molecule has 0 bridgehead atoms. The van der Waals surface area contributed by atoms with Gasteiger partial charge in [-0.25, -0.2) is 0 Å². The molecule has 3 heteroatoms. The van der Waals surface area contributed by atoms with Gasteiger partial charge in [0, 0.05) is 16.5 Å². The third-order valence-corrected chi connectivity index (χ3v) is 6.73. The fraction of sp³-hybridized carbons (Fsp3) is 0.147. The first-order valence-corrected chi connectivity index (χ1v) is 12.7. The van der Waals surface area contributed by atoms with E-state index in [4.69, 9.17) is 4.74 Å². The van der Waals surface area contributed by atoms with E-state index in [1.807, 2.05) is 129 Å². The first kappa shape index (κ1) is 24.3. The van der Waals surface area contributed by atoms with Crippen molar-refractivity contribution in [3.05, 3.63) is 144 Å². The SMILES string of the molecule is CC(C)Oc1ccc(NC(=O)C(Cc2ccccc2)(c2ccccc2)c2ccccc2)c2ccccc12. The van der Waals surface area contributed by atoms with Crippen molar-refractivity contribution in [3.8, 4) is 5.75 Å². The molecule has 0 aromatic heterocycles. The molecular formula is C34H31NO2. The summed E-state index contributed by atoms with van der Waals surface area (Å²) in [5.74, 6) is 0.738. The lowest BCUT2D eigenvalue weighted by molar-refractivity contribution is -0.120. The van der Waals surface area contributed by atoms with E-state index in [0.29, 0.717) is 6.42 Å². The van der Waals surface area contributed by atoms with Gasteiger partial charge in [-0.05, 0) is 49.1 Å². The molecule has 184 valence electrons. The van der Waals surface area contributed by atoms with Crippen molar-refractivity contribution in [2.75, 3.05) is 5.32 Å². The van der Waals surface area contributed by atoms with E-state index in [1.54, 1.807) is 0 Å². The Morgan fingerprint density at radius 2 is 1.19 bits per heavy atom. The molecule has 0 radical (unpaired) electrons. The maximum atomic E-state index is 14.6. The molecule has 0 aliphatic heterocycles. The molecule has 3 nitrogen and oxygen atoms in total. The number of hydrogen-bond donors (Lipinski definition) is 1. The van der Waals surface area contributed by atoms with Crippen LogP contribution in [-0.2, 0) is 16.6 Å². The summed E-state index contributed by atoms with van der Waals surface area (Å²) in [4.78, 5) is 14.6. The standard InChI is InChI=1S/C34H31NO2/c1-25(2)37-32-23-22-31(29-20-12-13-21-30(29)32)35-33(36)34(27-16-8-4-9-17-27,28-18-10-5-11-19-28)24-26-14-6-3-7-15-26/h3-23,25H,24H2,1-2H3,(H,35,36). The Morgan fingerprint density at radius 1 is 0.676 bits per heavy atom. The Kier molecular flexibility index (Phi) is 7.04. The van der Waals surface area contributed by atoms with Gasteiger partial charge in [0.1, 0.15) is 11.2 Å². The maximum Gasteiger partial charge on any atom is 0.239 e. The van der Waals surface area contributed by atoms with Gasteiger partial charge >= 0.3 is 0 Å². The van der Waals surface area contributed by atoms with Crippen molar-refractivity contribution in [1.29, 1.82) is 0 Å². The predicted molar refractivity (Wildman–Crippen MR) is 152 cm³/mol. The summed E-state index contributed by atoms with van der Waals surface area (Å²) in [5, 5.41) is 5.25. The zero-order valence-electron chi connectivity index (χ0n) is 21.2. The van der Waals surface area contributed by atoms with Crippen molar-refractivity contribution < 1.29 is 9.53 Å². The summed E-state index contributed by atoms with van der Waals surface area (Å²) < 4.78 is 6.06. The van der Waals surface area contributed by atoms with E-state index in [-0.39, 0.29) is 12.0 Å². The van der Waals surface area contributed by atoms with Gasteiger partial charge in [0.2, 0.25) is 5.91 Å². The second-order valence-corrected chi connectivity index (χ2v) is 9.58. The van der Waals surface area contributed by atoms with Crippen molar-refractivity contribution in [3.63, 3.8) is 0 Å². The number of ether oxygens (including phenoxy) is 1. The number of carbonyl (C=O) groups is 1. The van der Waals surface area contributed by atoms with Crippen LogP contribution in [0.5, 0.6) is 5.75 Å². The predicted octanol–water partition coefficient (Wildman–Crippen LogP) is 7.79. The lowest BCUT2D eigenvalue weighted by Gasteiger charge is -2.34. The molecule has 0 saturated carbocycles. The highest BCUT2D eigenvalue weighted by atomic mass is 16.5. The number of nitrogens with one attached hydrogen (secondary N) is 1. The van der Waals surface area contributed by atoms with Crippen LogP contribution in [0.15, 0.2) is 127 Å². The molecule has 5 rings (SSSR count). The van der Waals surface area contributed by atoms with Gasteiger partial charge < -0.3 is 10.1 Å². The lowest BCUT2D eigenvalue weighted by atomic mass is 9.69. The van der Waals surface area contributed by atoms with E-state index in [0.717, 1.165) is 38.9 Å². The fourth-order valence-corrected chi connectivity index (χ4v) is 5.03. The van der Waals surface area contributed by atoms with Gasteiger partial charge in [-0.2, -0.15) is 0 Å². The van der Waals surface area contributed by atoms with Crippen LogP contribution in [-0.4, -0.2) is 12.0 Å². The highest BCUT2D eigenvalue weighted by Crippen LogP contribution is 2.39. The van der Waals surface area contributed by atoms with E-state index in [1.165, 1.54) is 0 Å². The second-order valence-electron chi connectivity index (χ2n) is 9.58. The molecule has 0 spiro atoms. The highest BCUT2D eigenvalue weighted by Gasteiger charge is 2.42. The Morgan fingerprint density at radius 3 is 1.76 bits per heavy atom. The second kappa shape index (κ2) is 10.7. The van der Waals surface area contributed by atoms with Crippen LogP contribution in [0.1, 0.15) is 30.5 Å². The average molecular weight is 486 g/mol. The van der Waals surface area contributed by atoms with Gasteiger partial charge in [-0.3, -0.25) is 4.79 Å². The van der Waals surface area contributed by atoms with Gasteiger partial charge in [0.25, 0.3) is 0 Å². The monoisotopic (exact) mass is 485 g/mol. The van der Waals surface area contributed by atoms with Crippen LogP contribution in [0.4, 0.5) is 5.69 Å². The normalized spacial score (nSPS) is 11.4. The van der Waals surface area contributed by atoms with E-state index in [9.17, 15) is 4.79 Å². The van der Waals surface area contributed by atoms with Crippen molar-refractivity contribution in [2.45, 2.75) is 31.8 Å². The lowest BCUT2D eigenvalue weighted by Crippen LogP contribution is -2.43. The van der Waals surface area contributed by atoms with Crippen molar-refractivity contribution >= 4 is 22.4 Å². The molecule has 37 heavy (non-hydrogen) atoms. The third-order valence-electron chi connectivity index (χ3n) is 6.73. The highest BCUT2D eigenvalue weighted by molar-refractivity contribution is 6.08. The van der Waals surface area contributed by atoms with Crippen LogP contribution >= 0.6 is 0 Å². The van der Waals surface area contributed by atoms with E-state index < -0.39 is 5.41 Å². The number of anilines is 1. The molecule has 0 unspecified atom stereocenters. The van der Waals surface area contributed by atoms with Gasteiger partial charge in [0.05, 0.1) is 6.10 Å². The summed E-state index contributed by atoms with van der Waals surface area (Å²) in [7, 11) is 0. The van der Waals surface area contributed by atoms with Gasteiger partial charge in [-0.15, -0.1) is 0 Å². The van der Waals surface area contributed by atoms with Crippen LogP contribution in [0.3, 0.4) is 0 Å². The van der Waals surface area contributed by atoms with Crippen LogP contribution in [0, 0.1) is 0 Å². The Bertz CT molecular complexity index is 1440. The zero-order valence-corrected chi connectivity index (χ0v) is 21.2. The quantitative estimate of drug-likeness (QED) is 0.244. The Labute approximate surface area is 218 Å². The van der Waals surface area contributed by atoms with E-state index in [2.05, 4.69) is 17.4 Å². The molecule has 0 atom stereocenters. The van der Waals surface area contributed by atoms with Crippen LogP contribution < -0.4 is 10.1 Å². The van der Waals surface area contributed by atoms with Crippen LogP contribution in [0.2, 0.25) is 0 Å². The number of carbonyl (C=O) groups excluding carboxylic acids is 1. The zero-order chi connectivity index (χ0) is 25.7. The first-order valence-electron chi connectivity index (χ1n) is 12.7. The number of amides is 1. The average Bonchev–Trinajstić information content (AvgIpc) is 2.94. The third kappa shape index (κ3) is 4.99. The molecule has 0 aliphatic carbocycles. The minimum atomic E-state index is -0.932.